The molecule has 0 spiro atoms. The fourth-order valence-electron chi connectivity index (χ4n) is 3.03. The van der Waals surface area contributed by atoms with Crippen LogP contribution in [0.3, 0.4) is 0 Å². The molecular formula is C18H24N4O4. The van der Waals surface area contributed by atoms with E-state index in [4.69, 9.17) is 10.5 Å². The zero-order valence-electron chi connectivity index (χ0n) is 14.6. The molecule has 0 unspecified atom stereocenters. The Balaban J connectivity index is 1.58. The maximum absolute atomic E-state index is 12.4. The van der Waals surface area contributed by atoms with Gasteiger partial charge in [0.05, 0.1) is 6.61 Å². The number of nitrogens with one attached hydrogen (secondary N) is 2. The van der Waals surface area contributed by atoms with Crippen molar-refractivity contribution in [2.75, 3.05) is 36.5 Å². The lowest BCUT2D eigenvalue weighted by Gasteiger charge is -2.27. The van der Waals surface area contributed by atoms with Crippen LogP contribution in [0.4, 0.5) is 11.4 Å². The lowest BCUT2D eigenvalue weighted by molar-refractivity contribution is -0.128. The average molecular weight is 360 g/mol. The molecule has 0 aromatic heterocycles. The first-order valence-corrected chi connectivity index (χ1v) is 8.86. The fraction of sp³-hybridized carbons (Fsp3) is 0.500. The number of carbonyl (C=O) groups is 3. The number of morpholine rings is 1. The highest BCUT2D eigenvalue weighted by Gasteiger charge is 2.27. The maximum atomic E-state index is 12.4. The number of benzene rings is 1. The number of rotatable bonds is 7. The van der Waals surface area contributed by atoms with Crippen LogP contribution in [0.5, 0.6) is 0 Å². The van der Waals surface area contributed by atoms with E-state index in [1.54, 1.807) is 29.2 Å². The number of carbonyl (C=O) groups excluding carboxylic acids is 3. The minimum absolute atomic E-state index is 0.0748. The third kappa shape index (κ3) is 4.39. The molecule has 2 fully saturated rings. The Kier molecular flexibility index (Phi) is 5.85. The smallest absolute Gasteiger partial charge is 0.253 e. The molecule has 2 aliphatic rings. The largest absolute Gasteiger partial charge is 0.370 e. The molecule has 1 heterocycles. The number of anilines is 2. The van der Waals surface area contributed by atoms with Crippen molar-refractivity contribution in [3.63, 3.8) is 0 Å². The number of hydrogen-bond donors (Lipinski definition) is 3. The Hall–Kier alpha value is -2.45. The Morgan fingerprint density at radius 2 is 2.00 bits per heavy atom. The highest BCUT2D eigenvalue weighted by molar-refractivity contribution is 6.09. The van der Waals surface area contributed by atoms with Crippen molar-refractivity contribution in [3.05, 3.63) is 24.3 Å². The van der Waals surface area contributed by atoms with Gasteiger partial charge in [-0.3, -0.25) is 19.7 Å². The molecule has 1 saturated carbocycles. The van der Waals surface area contributed by atoms with Gasteiger partial charge in [-0.05, 0) is 49.6 Å². The summed E-state index contributed by atoms with van der Waals surface area (Å²) in [5, 5.41) is 5.65. The van der Waals surface area contributed by atoms with Crippen molar-refractivity contribution in [2.45, 2.75) is 25.3 Å². The molecule has 8 nitrogen and oxygen atoms in total. The Morgan fingerprint density at radius 1 is 1.27 bits per heavy atom. The number of nitrogens with two attached hydrogens (primary N) is 1. The van der Waals surface area contributed by atoms with Crippen molar-refractivity contribution in [2.24, 2.45) is 11.7 Å². The van der Waals surface area contributed by atoms with Crippen molar-refractivity contribution < 1.29 is 19.1 Å². The molecule has 1 aliphatic carbocycles. The van der Waals surface area contributed by atoms with Crippen LogP contribution in [0.25, 0.3) is 0 Å². The molecule has 8 heteroatoms. The highest BCUT2D eigenvalue weighted by atomic mass is 16.5. The fourth-order valence-corrected chi connectivity index (χ4v) is 3.03. The zero-order chi connectivity index (χ0) is 18.5. The summed E-state index contributed by atoms with van der Waals surface area (Å²) in [7, 11) is 0. The van der Waals surface area contributed by atoms with Gasteiger partial charge in [-0.25, -0.2) is 0 Å². The van der Waals surface area contributed by atoms with E-state index >= 15 is 0 Å². The number of hydrogen-bond acceptors (Lipinski definition) is 5. The normalized spacial score (nSPS) is 18.9. The summed E-state index contributed by atoms with van der Waals surface area (Å²) < 4.78 is 5.11. The van der Waals surface area contributed by atoms with Gasteiger partial charge in [0, 0.05) is 17.9 Å². The number of ether oxygens (including phenoxy) is 1. The molecule has 1 saturated heterocycles. The van der Waals surface area contributed by atoms with Crippen LogP contribution in [0.15, 0.2) is 24.3 Å². The number of primary amides is 1. The second-order valence-electron chi connectivity index (χ2n) is 6.67. The van der Waals surface area contributed by atoms with Crippen molar-refractivity contribution in [3.8, 4) is 0 Å². The van der Waals surface area contributed by atoms with Gasteiger partial charge in [0.1, 0.15) is 6.61 Å². The maximum Gasteiger partial charge on any atom is 0.253 e. The van der Waals surface area contributed by atoms with Gasteiger partial charge in [-0.15, -0.1) is 0 Å². The first-order chi connectivity index (χ1) is 12.5. The van der Waals surface area contributed by atoms with Crippen molar-refractivity contribution in [1.29, 1.82) is 0 Å². The summed E-state index contributed by atoms with van der Waals surface area (Å²) in [6.45, 7) is 1.68. The molecule has 140 valence electrons. The van der Waals surface area contributed by atoms with Crippen LogP contribution in [0.1, 0.15) is 19.3 Å². The molecule has 3 rings (SSSR count). The van der Waals surface area contributed by atoms with Gasteiger partial charge in [-0.1, -0.05) is 6.42 Å². The van der Waals surface area contributed by atoms with E-state index < -0.39 is 17.9 Å². The summed E-state index contributed by atoms with van der Waals surface area (Å²) in [5.41, 5.74) is 6.64. The number of amides is 3. The Bertz CT molecular complexity index is 672. The van der Waals surface area contributed by atoms with E-state index in [-0.39, 0.29) is 12.5 Å². The predicted molar refractivity (Wildman–Crippen MR) is 96.6 cm³/mol. The zero-order valence-corrected chi connectivity index (χ0v) is 14.6. The van der Waals surface area contributed by atoms with Gasteiger partial charge in [0.25, 0.3) is 11.8 Å². The molecule has 1 aromatic carbocycles. The van der Waals surface area contributed by atoms with Gasteiger partial charge in [-0.2, -0.15) is 0 Å². The van der Waals surface area contributed by atoms with Crippen LogP contribution >= 0.6 is 0 Å². The summed E-state index contributed by atoms with van der Waals surface area (Å²) in [5.74, 6) is -0.763. The summed E-state index contributed by atoms with van der Waals surface area (Å²) in [6.07, 6.45) is 3.42. The Labute approximate surface area is 152 Å². The molecule has 4 N–H and O–H groups in total. The predicted octanol–water partition coefficient (Wildman–Crippen LogP) is 0.232. The number of nitrogens with zero attached hydrogens (tertiary/aromatic N) is 1. The van der Waals surface area contributed by atoms with Crippen LogP contribution in [-0.4, -0.2) is 50.1 Å². The van der Waals surface area contributed by atoms with Crippen molar-refractivity contribution in [1.82, 2.24) is 5.32 Å². The van der Waals surface area contributed by atoms with Gasteiger partial charge in [0.2, 0.25) is 5.91 Å². The van der Waals surface area contributed by atoms with Gasteiger partial charge >= 0.3 is 0 Å². The lowest BCUT2D eigenvalue weighted by atomic mass is 9.85. The lowest BCUT2D eigenvalue weighted by Crippen LogP contribution is -2.51. The van der Waals surface area contributed by atoms with Crippen molar-refractivity contribution >= 4 is 29.1 Å². The van der Waals surface area contributed by atoms with Crippen LogP contribution in [0.2, 0.25) is 0 Å². The van der Waals surface area contributed by atoms with Crippen LogP contribution in [-0.2, 0) is 19.1 Å². The first-order valence-electron chi connectivity index (χ1n) is 8.86. The molecule has 26 heavy (non-hydrogen) atoms. The Morgan fingerprint density at radius 3 is 2.58 bits per heavy atom. The summed E-state index contributed by atoms with van der Waals surface area (Å²) in [4.78, 5) is 37.4. The van der Waals surface area contributed by atoms with Crippen LogP contribution < -0.4 is 21.3 Å². The minimum atomic E-state index is -1.06. The molecule has 1 aliphatic heterocycles. The topological polar surface area (TPSA) is 114 Å². The highest BCUT2D eigenvalue weighted by Crippen LogP contribution is 2.25. The third-order valence-corrected chi connectivity index (χ3v) is 4.81. The molecule has 0 bridgehead atoms. The van der Waals surface area contributed by atoms with E-state index in [0.717, 1.165) is 18.5 Å². The second-order valence-corrected chi connectivity index (χ2v) is 6.67. The van der Waals surface area contributed by atoms with Gasteiger partial charge in [0.15, 0.2) is 6.04 Å². The molecule has 1 atom stereocenters. The standard InChI is InChI=1S/C18H24N4O4/c19-17(24)16(20-10-12-2-1-3-12)18(25)21-13-4-6-14(7-5-13)22-8-9-26-11-15(22)23/h4-7,12,16,20H,1-3,8-11H2,(H2,19,24)(H,21,25)/t16-/m0/s1. The van der Waals surface area contributed by atoms with E-state index in [1.165, 1.54) is 6.42 Å². The summed E-state index contributed by atoms with van der Waals surface area (Å²) >= 11 is 0. The average Bonchev–Trinajstić information content (AvgIpc) is 2.58. The molecular weight excluding hydrogens is 336 g/mol. The van der Waals surface area contributed by atoms with Gasteiger partial charge < -0.3 is 20.7 Å². The first kappa shape index (κ1) is 18.3. The molecule has 1 aromatic rings. The molecule has 0 radical (unpaired) electrons. The SMILES string of the molecule is NC(=O)[C@H](NCC1CCC1)C(=O)Nc1ccc(N2CCOCC2=O)cc1. The summed E-state index contributed by atoms with van der Waals surface area (Å²) in [6, 6.07) is 5.83. The quantitative estimate of drug-likeness (QED) is 0.603. The van der Waals surface area contributed by atoms with E-state index in [1.807, 2.05) is 0 Å². The monoisotopic (exact) mass is 360 g/mol. The van der Waals surface area contributed by atoms with Crippen LogP contribution in [0, 0.1) is 5.92 Å². The second kappa shape index (κ2) is 8.29. The van der Waals surface area contributed by atoms with E-state index in [9.17, 15) is 14.4 Å². The third-order valence-electron chi connectivity index (χ3n) is 4.81. The molecule has 3 amide bonds. The van der Waals surface area contributed by atoms with E-state index in [0.29, 0.717) is 31.3 Å². The minimum Gasteiger partial charge on any atom is -0.370 e. The van der Waals surface area contributed by atoms with E-state index in [2.05, 4.69) is 10.6 Å².